The monoisotopic (exact) mass is 1080 g/mol. The molecule has 0 aromatic heterocycles. The molecule has 0 fully saturated rings. The summed E-state index contributed by atoms with van der Waals surface area (Å²) in [5, 5.41) is 0. The van der Waals surface area contributed by atoms with Crippen LogP contribution in [0.4, 0.5) is 28.9 Å². The van der Waals surface area contributed by atoms with Crippen LogP contribution in [0.5, 0.6) is 0 Å². The number of anilines is 2. The second kappa shape index (κ2) is 37.3. The summed E-state index contributed by atoms with van der Waals surface area (Å²) in [6.07, 6.45) is 27.4. The average molecular weight is 1080 g/mol. The van der Waals surface area contributed by atoms with E-state index in [4.69, 9.17) is 0 Å². The van der Waals surface area contributed by atoms with Crippen molar-refractivity contribution in [3.05, 3.63) is 180 Å². The third-order valence-electron chi connectivity index (χ3n) is 12.3. The van der Waals surface area contributed by atoms with Gasteiger partial charge in [0, 0.05) is 37.4 Å². The topological polar surface area (TPSA) is 74.8 Å². The van der Waals surface area contributed by atoms with Crippen LogP contribution in [0, 0.1) is 35.4 Å². The zero-order valence-corrected chi connectivity index (χ0v) is 46.8. The molecule has 0 aliphatic heterocycles. The Morgan fingerprint density at radius 3 is 0.932 bits per heavy atom. The van der Waals surface area contributed by atoms with Gasteiger partial charge in [-0.3, -0.25) is 0 Å². The maximum Gasteiger partial charge on any atom is 4.00 e. The van der Waals surface area contributed by atoms with E-state index in [-0.39, 0.29) is 42.9 Å². The van der Waals surface area contributed by atoms with Gasteiger partial charge in [-0.15, -0.1) is 36.4 Å². The Hall–Kier alpha value is -4.49. The van der Waals surface area contributed by atoms with Crippen LogP contribution in [0.15, 0.2) is 143 Å². The first-order valence-electron chi connectivity index (χ1n) is 26.0. The predicted molar refractivity (Wildman–Crippen MR) is 290 cm³/mol. The van der Waals surface area contributed by atoms with Crippen LogP contribution in [-0.2, 0) is 54.6 Å². The standard InChI is InChI=1S/2C25H34F2NO2S.2C5H5.Ti/c2*1-3-4-5-6-7-8-9-10-11-12-13-21-14-17-23(18-15-21)31(29,30)28(2)25-19-16-22(26)20-24(25)27;2*1-2-4-5-3-1;/h2*14-19H,3-13H2,1-2H3;2*1-5H;/q4*-1;+4. The van der Waals surface area contributed by atoms with Crippen molar-refractivity contribution in [2.24, 2.45) is 0 Å². The first-order valence-corrected chi connectivity index (χ1v) is 28.8. The fraction of sp³-hybridized carbons (Fsp3) is 0.433. The number of unbranched alkanes of at least 4 members (excludes halogenated alkanes) is 18. The van der Waals surface area contributed by atoms with E-state index in [2.05, 4.69) is 13.8 Å². The van der Waals surface area contributed by atoms with Crippen LogP contribution in [-0.4, -0.2) is 30.9 Å². The van der Waals surface area contributed by atoms with Crippen LogP contribution in [0.1, 0.15) is 153 Å². The maximum atomic E-state index is 13.9. The molecule has 0 atom stereocenters. The van der Waals surface area contributed by atoms with Gasteiger partial charge in [0.05, 0.1) is 9.79 Å². The third-order valence-corrected chi connectivity index (χ3v) is 15.8. The van der Waals surface area contributed by atoms with Gasteiger partial charge in [-0.05, 0) is 72.5 Å². The second-order valence-electron chi connectivity index (χ2n) is 18.0. The van der Waals surface area contributed by atoms with Crippen molar-refractivity contribution in [3.63, 3.8) is 0 Å². The van der Waals surface area contributed by atoms with Gasteiger partial charge in [0.25, 0.3) is 20.0 Å². The maximum absolute atomic E-state index is 13.9. The van der Waals surface area contributed by atoms with Gasteiger partial charge in [0.1, 0.15) is 0 Å². The Kier molecular flexibility index (Phi) is 33.0. The summed E-state index contributed by atoms with van der Waals surface area (Å²) in [4.78, 5) is 0.149. The second-order valence-corrected chi connectivity index (χ2v) is 22.0. The molecule has 0 aliphatic carbocycles. The molecule has 0 unspecified atom stereocenters. The van der Waals surface area contributed by atoms with E-state index in [1.54, 1.807) is 24.3 Å². The number of rotatable bonds is 28. The van der Waals surface area contributed by atoms with Crippen LogP contribution in [0.25, 0.3) is 0 Å². The molecule has 73 heavy (non-hydrogen) atoms. The van der Waals surface area contributed by atoms with Gasteiger partial charge < -0.3 is 8.61 Å². The number of hydrogen-bond acceptors (Lipinski definition) is 4. The van der Waals surface area contributed by atoms with Gasteiger partial charge in [0.2, 0.25) is 0 Å². The van der Waals surface area contributed by atoms with Gasteiger partial charge in [-0.25, -0.2) is 58.7 Å². The number of nitrogens with zero attached hydrogens (tertiary/aromatic N) is 2. The smallest absolute Gasteiger partial charge is 0.320 e. The van der Waals surface area contributed by atoms with E-state index in [1.807, 2.05) is 97.1 Å². The molecule has 6 rings (SSSR count). The zero-order chi connectivity index (χ0) is 52.5. The molecule has 396 valence electrons. The molecule has 0 saturated heterocycles. The first kappa shape index (κ1) is 64.6. The van der Waals surface area contributed by atoms with E-state index < -0.39 is 43.3 Å². The fourth-order valence-electron chi connectivity index (χ4n) is 7.86. The molecule has 0 bridgehead atoms. The molecular weight excluding hydrogens is 1000 g/mol. The predicted octanol–water partition coefficient (Wildman–Crippen LogP) is 16.9. The van der Waals surface area contributed by atoms with Gasteiger partial charge in [0.15, 0.2) is 0 Å². The Labute approximate surface area is 452 Å². The van der Waals surface area contributed by atoms with Gasteiger partial charge in [-0.2, -0.15) is 36.4 Å². The molecule has 0 N–H and O–H groups in total. The molecule has 0 radical (unpaired) electrons. The molecular formula is C60H78F4N2O4S2Ti. The number of benzene rings is 4. The van der Waals surface area contributed by atoms with Crippen LogP contribution in [0.3, 0.4) is 0 Å². The molecule has 0 aliphatic rings. The third kappa shape index (κ3) is 25.1. The quantitative estimate of drug-likeness (QED) is 0.0212. The van der Waals surface area contributed by atoms with Crippen molar-refractivity contribution in [1.29, 1.82) is 0 Å². The number of halogens is 4. The van der Waals surface area contributed by atoms with Crippen molar-refractivity contribution in [2.75, 3.05) is 22.7 Å². The zero-order valence-electron chi connectivity index (χ0n) is 43.6. The van der Waals surface area contributed by atoms with Gasteiger partial charge in [-0.1, -0.05) is 154 Å². The Balaban J connectivity index is 0.000000412. The minimum absolute atomic E-state index is 0. The number of hydrogen-bond donors (Lipinski definition) is 0. The minimum atomic E-state index is -3.94. The van der Waals surface area contributed by atoms with Gasteiger partial charge >= 0.3 is 21.7 Å². The molecule has 0 saturated carbocycles. The van der Waals surface area contributed by atoms with Crippen molar-refractivity contribution >= 4 is 31.4 Å². The fourth-order valence-corrected chi connectivity index (χ4v) is 10.3. The summed E-state index contributed by atoms with van der Waals surface area (Å²) in [5.41, 5.74) is 1.69. The molecule has 0 amide bonds. The van der Waals surface area contributed by atoms with E-state index in [0.29, 0.717) is 0 Å². The van der Waals surface area contributed by atoms with Crippen molar-refractivity contribution in [1.82, 2.24) is 0 Å². The van der Waals surface area contributed by atoms with E-state index >= 15 is 0 Å². The summed E-state index contributed by atoms with van der Waals surface area (Å²) in [6.45, 7) is 4.47. The molecule has 0 heterocycles. The van der Waals surface area contributed by atoms with Crippen LogP contribution < -0.4 is 8.61 Å². The summed E-state index contributed by atoms with van der Waals surface area (Å²) in [5.74, 6) is -3.82. The minimum Gasteiger partial charge on any atom is -0.320 e. The Morgan fingerprint density at radius 1 is 0.411 bits per heavy atom. The summed E-state index contributed by atoms with van der Waals surface area (Å²) >= 11 is 0. The summed E-state index contributed by atoms with van der Waals surface area (Å²) < 4.78 is 107. The molecule has 0 spiro atoms. The van der Waals surface area contributed by atoms with E-state index in [9.17, 15) is 34.4 Å². The molecule has 6 aromatic rings. The SMILES string of the molecule is CCCCCCCCCCCCc1ccc(S(=O)(=O)N(C)c2ccc(F)[c-]c2F)cc1.CCCCCCCCCCCCc1ccc(S(=O)(=O)N(C)c2ccc(F)[c-]c2F)cc1.[Ti+4].c1cc[cH-]c1.c1cc[cH-]c1. The first-order chi connectivity index (χ1) is 34.7. The van der Waals surface area contributed by atoms with Crippen molar-refractivity contribution in [3.8, 4) is 0 Å². The number of aryl methyl sites for hydroxylation is 2. The Bertz CT molecular complexity index is 2310. The van der Waals surface area contributed by atoms with Crippen LogP contribution >= 0.6 is 0 Å². The van der Waals surface area contributed by atoms with E-state index in [0.717, 1.165) is 69.7 Å². The van der Waals surface area contributed by atoms with Crippen LogP contribution in [0.2, 0.25) is 0 Å². The molecule has 6 aromatic carbocycles. The normalized spacial score (nSPS) is 11.0. The van der Waals surface area contributed by atoms with Crippen molar-refractivity contribution < 1.29 is 56.1 Å². The summed E-state index contributed by atoms with van der Waals surface area (Å²) in [7, 11) is -5.38. The van der Waals surface area contributed by atoms with E-state index in [1.165, 1.54) is 130 Å². The number of sulfonamides is 2. The largest absolute Gasteiger partial charge is 4.00 e. The average Bonchev–Trinajstić information content (AvgIpc) is 4.17. The molecule has 6 nitrogen and oxygen atoms in total. The van der Waals surface area contributed by atoms with Crippen molar-refractivity contribution in [2.45, 2.75) is 165 Å². The molecule has 13 heteroatoms. The Morgan fingerprint density at radius 2 is 0.685 bits per heavy atom. The summed E-state index contributed by atoms with van der Waals surface area (Å²) in [6, 6.07) is 41.3.